The molecular weight excluding hydrogens is 812 g/mol. The van der Waals surface area contributed by atoms with E-state index in [1.165, 1.54) is 17.2 Å². The molecule has 0 radical (unpaired) electrons. The van der Waals surface area contributed by atoms with Crippen molar-refractivity contribution in [2.24, 2.45) is 28.3 Å². The second kappa shape index (κ2) is 19.8. The van der Waals surface area contributed by atoms with Crippen LogP contribution in [0, 0.1) is 23.2 Å². The molecule has 3 aliphatic carbocycles. The zero-order valence-corrected chi connectivity index (χ0v) is 35.8. The Hall–Kier alpha value is -3.32. The van der Waals surface area contributed by atoms with Crippen LogP contribution in [0.4, 0.5) is 5.69 Å². The van der Waals surface area contributed by atoms with E-state index in [-0.39, 0.29) is 52.0 Å². The Balaban J connectivity index is 0.000000258. The minimum atomic E-state index is -4.10. The zero-order chi connectivity index (χ0) is 42.3. The van der Waals surface area contributed by atoms with E-state index in [0.29, 0.717) is 57.5 Å². The highest BCUT2D eigenvalue weighted by atomic mass is 35.5. The molecule has 18 heteroatoms. The quantitative estimate of drug-likeness (QED) is 0.0892. The number of benzene rings is 2. The lowest BCUT2D eigenvalue weighted by Gasteiger charge is -2.34. The number of aliphatic carboxylic acids is 1. The number of hydrogen-bond donors (Lipinski definition) is 5. The van der Waals surface area contributed by atoms with Crippen molar-refractivity contribution in [3.63, 3.8) is 0 Å². The number of carboxylic acid groups (broad SMARTS) is 1. The van der Waals surface area contributed by atoms with Gasteiger partial charge in [-0.15, -0.1) is 0 Å². The molecule has 6 N–H and O–H groups in total. The first-order chi connectivity index (χ1) is 27.4. The molecule has 6 rings (SSSR count). The number of anilines is 1. The number of carbonyl (C=O) groups is 3. The molecule has 1 aliphatic heterocycles. The molecule has 2 fully saturated rings. The van der Waals surface area contributed by atoms with Crippen molar-refractivity contribution in [1.29, 1.82) is 0 Å². The van der Waals surface area contributed by atoms with Crippen molar-refractivity contribution < 1.29 is 50.5 Å². The summed E-state index contributed by atoms with van der Waals surface area (Å²) in [4.78, 5) is 37.7. The molecule has 2 aromatic rings. The molecule has 0 aromatic heterocycles. The highest BCUT2D eigenvalue weighted by Crippen LogP contribution is 2.44. The maximum Gasteiger partial charge on any atom is 0.316 e. The summed E-state index contributed by atoms with van der Waals surface area (Å²) in [6.07, 6.45) is 9.50. The molecule has 0 spiro atoms. The SMILES string of the molecule is CC(C)CC1Nc2cc(Cl)c(S(N)(=O)=O)cc2S(=O)(=O)N1.COCCOC[C@H](CC1(C(=O)N[C@H]2CC[C@@H](C(=O)O)CC2)CCCC1)C(=O)Oc1ccc2c(c1)CCC2. The molecule has 2 aromatic carbocycles. The minimum absolute atomic E-state index is 0.0176. The van der Waals surface area contributed by atoms with Gasteiger partial charge in [-0.1, -0.05) is 44.4 Å². The second-order valence-corrected chi connectivity index (χ2v) is 19.9. The summed E-state index contributed by atoms with van der Waals surface area (Å²) in [7, 11) is -6.33. The topological polar surface area (TPSA) is 230 Å². The molecule has 2 atom stereocenters. The van der Waals surface area contributed by atoms with Crippen molar-refractivity contribution in [3.8, 4) is 5.75 Å². The average molecular weight is 869 g/mol. The lowest BCUT2D eigenvalue weighted by Crippen LogP contribution is -2.47. The van der Waals surface area contributed by atoms with Gasteiger partial charge in [0.2, 0.25) is 26.0 Å². The van der Waals surface area contributed by atoms with Crippen LogP contribution in [-0.2, 0) is 56.7 Å². The van der Waals surface area contributed by atoms with Crippen LogP contribution in [0.25, 0.3) is 0 Å². The molecule has 0 bridgehead atoms. The lowest BCUT2D eigenvalue weighted by atomic mass is 9.76. The number of sulfonamides is 2. The predicted octanol–water partition coefficient (Wildman–Crippen LogP) is 5.13. The first-order valence-electron chi connectivity index (χ1n) is 20.0. The number of fused-ring (bicyclic) bond motifs is 2. The van der Waals surface area contributed by atoms with Gasteiger partial charge in [0, 0.05) is 13.2 Å². The number of esters is 1. The van der Waals surface area contributed by atoms with Gasteiger partial charge in [-0.25, -0.2) is 22.0 Å². The largest absolute Gasteiger partial charge is 0.481 e. The van der Waals surface area contributed by atoms with E-state index < -0.39 is 48.4 Å². The third-order valence-corrected chi connectivity index (χ3v) is 14.3. The lowest BCUT2D eigenvalue weighted by molar-refractivity contribution is -0.144. The van der Waals surface area contributed by atoms with Crippen molar-refractivity contribution in [1.82, 2.24) is 10.0 Å². The molecule has 0 saturated heterocycles. The van der Waals surface area contributed by atoms with Gasteiger partial charge in [0.05, 0.1) is 53.9 Å². The summed E-state index contributed by atoms with van der Waals surface area (Å²) in [5.74, 6) is -1.21. The van der Waals surface area contributed by atoms with Gasteiger partial charge in [0.25, 0.3) is 0 Å². The van der Waals surface area contributed by atoms with Crippen LogP contribution in [0.15, 0.2) is 40.1 Å². The molecule has 15 nitrogen and oxygen atoms in total. The first-order valence-corrected chi connectivity index (χ1v) is 23.4. The van der Waals surface area contributed by atoms with Gasteiger partial charge in [-0.2, -0.15) is 4.72 Å². The fourth-order valence-electron chi connectivity index (χ4n) is 8.39. The summed E-state index contributed by atoms with van der Waals surface area (Å²) in [5.41, 5.74) is 2.17. The van der Waals surface area contributed by atoms with Crippen LogP contribution < -0.4 is 25.2 Å². The normalized spacial score (nSPS) is 22.4. The van der Waals surface area contributed by atoms with Crippen LogP contribution >= 0.6 is 11.6 Å². The van der Waals surface area contributed by atoms with Gasteiger partial charge < -0.3 is 30.0 Å². The predicted molar refractivity (Wildman–Crippen MR) is 217 cm³/mol. The van der Waals surface area contributed by atoms with E-state index >= 15 is 0 Å². The minimum Gasteiger partial charge on any atom is -0.481 e. The average Bonchev–Trinajstić information content (AvgIpc) is 3.82. The molecule has 2 saturated carbocycles. The number of carbonyl (C=O) groups excluding carboxylic acids is 2. The number of ether oxygens (including phenoxy) is 3. The Morgan fingerprint density at radius 2 is 1.71 bits per heavy atom. The monoisotopic (exact) mass is 868 g/mol. The van der Waals surface area contributed by atoms with Crippen LogP contribution in [0.1, 0.15) is 95.6 Å². The molecule has 1 unspecified atom stereocenters. The van der Waals surface area contributed by atoms with Crippen LogP contribution in [0.5, 0.6) is 5.75 Å². The van der Waals surface area contributed by atoms with E-state index in [0.717, 1.165) is 51.0 Å². The number of primary sulfonamides is 1. The Kier molecular flexibility index (Phi) is 15.6. The molecular formula is C40H57ClN4O11S2. The fraction of sp³-hybridized carbons (Fsp3) is 0.625. The number of rotatable bonds is 15. The molecule has 4 aliphatic rings. The Bertz CT molecular complexity index is 2020. The van der Waals surface area contributed by atoms with Gasteiger partial charge in [0.15, 0.2) is 0 Å². The van der Waals surface area contributed by atoms with Crippen LogP contribution in [0.2, 0.25) is 5.02 Å². The van der Waals surface area contributed by atoms with Crippen molar-refractivity contribution in [2.75, 3.05) is 32.2 Å². The van der Waals surface area contributed by atoms with E-state index in [2.05, 4.69) is 15.4 Å². The number of hydrogen-bond acceptors (Lipinski definition) is 11. The third kappa shape index (κ3) is 11.9. The fourth-order valence-corrected chi connectivity index (χ4v) is 10.9. The summed E-state index contributed by atoms with van der Waals surface area (Å²) in [5, 5.41) is 20.4. The van der Waals surface area contributed by atoms with Crippen molar-refractivity contribution in [2.45, 2.75) is 119 Å². The van der Waals surface area contributed by atoms with Gasteiger partial charge in [-0.05, 0) is 112 Å². The maximum atomic E-state index is 13.6. The third-order valence-electron chi connectivity index (χ3n) is 11.4. The number of aryl methyl sites for hydroxylation is 2. The molecule has 1 heterocycles. The van der Waals surface area contributed by atoms with Crippen LogP contribution in [0.3, 0.4) is 0 Å². The Labute approximate surface area is 346 Å². The Morgan fingerprint density at radius 1 is 1.02 bits per heavy atom. The number of carboxylic acids is 1. The van der Waals surface area contributed by atoms with Gasteiger partial charge in [-0.3, -0.25) is 14.4 Å². The Morgan fingerprint density at radius 3 is 2.34 bits per heavy atom. The van der Waals surface area contributed by atoms with Gasteiger partial charge >= 0.3 is 11.9 Å². The van der Waals surface area contributed by atoms with E-state index in [9.17, 15) is 36.3 Å². The number of amides is 1. The zero-order valence-electron chi connectivity index (χ0n) is 33.4. The number of nitrogens with one attached hydrogen (secondary N) is 3. The van der Waals surface area contributed by atoms with Crippen molar-refractivity contribution >= 4 is 55.2 Å². The molecule has 322 valence electrons. The summed E-state index contributed by atoms with van der Waals surface area (Å²) >= 11 is 5.88. The van der Waals surface area contributed by atoms with Gasteiger partial charge in [0.1, 0.15) is 15.5 Å². The summed E-state index contributed by atoms with van der Waals surface area (Å²) < 4.78 is 66.4. The van der Waals surface area contributed by atoms with E-state index in [4.69, 9.17) is 31.0 Å². The standard InChI is InChI=1S/C29H41NO7.C11H16ClN3O4S2/c1-35-15-16-36-19-23(27(33)37-25-12-9-20-5-4-6-22(20)17-25)18-29(13-2-3-14-29)28(34)30-24-10-7-21(8-11-24)26(31)32;1-6(2)3-11-14-8-4-7(12)9(20(13,16)17)5-10(8)21(18,19)15-11/h9,12,17,21,23-24H,2-8,10-11,13-16,18-19H2,1H3,(H,30,34)(H,31,32);4-6,11,14-15H,3H2,1-2H3,(H2,13,16,17)/t21-,23-,24+;/m0./s1. The van der Waals surface area contributed by atoms with E-state index in [1.54, 1.807) is 7.11 Å². The van der Waals surface area contributed by atoms with Crippen LogP contribution in [-0.4, -0.2) is 78.9 Å². The summed E-state index contributed by atoms with van der Waals surface area (Å²) in [6, 6.07) is 8.08. The number of methoxy groups -OCH3 is 1. The van der Waals surface area contributed by atoms with E-state index in [1.807, 2.05) is 32.0 Å². The second-order valence-electron chi connectivity index (χ2n) is 16.3. The summed E-state index contributed by atoms with van der Waals surface area (Å²) in [6.45, 7) is 4.89. The maximum absolute atomic E-state index is 13.6. The molecule has 58 heavy (non-hydrogen) atoms. The van der Waals surface area contributed by atoms with Crippen molar-refractivity contribution in [3.05, 3.63) is 46.5 Å². The first kappa shape index (κ1) is 45.8. The molecule has 1 amide bonds. The number of halogens is 1. The smallest absolute Gasteiger partial charge is 0.316 e. The highest BCUT2D eigenvalue weighted by Gasteiger charge is 2.45. The highest BCUT2D eigenvalue weighted by molar-refractivity contribution is 7.90. The number of nitrogens with two attached hydrogens (primary N) is 1.